The second-order valence-corrected chi connectivity index (χ2v) is 7.46. The Morgan fingerprint density at radius 3 is 2.31 bits per heavy atom. The van der Waals surface area contributed by atoms with Gasteiger partial charge >= 0.3 is 0 Å². The molecule has 0 aliphatic heterocycles. The molecule has 0 bridgehead atoms. The molecule has 0 aliphatic rings. The van der Waals surface area contributed by atoms with Gasteiger partial charge in [0, 0.05) is 12.1 Å². The van der Waals surface area contributed by atoms with Crippen LogP contribution < -0.4 is 10.1 Å². The number of aromatic nitrogens is 3. The van der Waals surface area contributed by atoms with Crippen LogP contribution in [-0.2, 0) is 0 Å². The Morgan fingerprint density at radius 2 is 1.66 bits per heavy atom. The predicted octanol–water partition coefficient (Wildman–Crippen LogP) is 5.86. The number of fused-ring (bicyclic) bond motifs is 1. The van der Waals surface area contributed by atoms with Crippen molar-refractivity contribution in [1.29, 1.82) is 0 Å². The summed E-state index contributed by atoms with van der Waals surface area (Å²) in [6, 6.07) is 21.1. The Labute approximate surface area is 171 Å². The van der Waals surface area contributed by atoms with Gasteiger partial charge in [-0.2, -0.15) is 0 Å². The highest BCUT2D eigenvalue weighted by molar-refractivity contribution is 5.92. The van der Waals surface area contributed by atoms with Crippen LogP contribution in [0.2, 0.25) is 0 Å². The number of nitrogens with zero attached hydrogens (tertiary/aromatic N) is 3. The molecular formula is C24H26N4O. The van der Waals surface area contributed by atoms with Crippen LogP contribution in [0, 0.1) is 0 Å². The number of hydrogen-bond donors (Lipinski definition) is 1. The van der Waals surface area contributed by atoms with Crippen LogP contribution in [0.3, 0.4) is 0 Å². The largest absolute Gasteiger partial charge is 0.497 e. The van der Waals surface area contributed by atoms with Gasteiger partial charge in [0.15, 0.2) is 0 Å². The van der Waals surface area contributed by atoms with E-state index in [1.165, 1.54) is 5.56 Å². The summed E-state index contributed by atoms with van der Waals surface area (Å²) in [7, 11) is 1.68. The first-order valence-corrected chi connectivity index (χ1v) is 9.90. The molecule has 148 valence electrons. The van der Waals surface area contributed by atoms with Crippen molar-refractivity contribution in [3.05, 3.63) is 72.6 Å². The number of ether oxygens (including phenoxy) is 1. The Kier molecular flexibility index (Phi) is 5.21. The van der Waals surface area contributed by atoms with E-state index in [9.17, 15) is 0 Å². The molecule has 0 radical (unpaired) electrons. The number of anilines is 1. The fourth-order valence-corrected chi connectivity index (χ4v) is 3.68. The van der Waals surface area contributed by atoms with E-state index in [2.05, 4.69) is 83.1 Å². The SMILES string of the molecule is COc1ccc(-c2cc3c(N[C@H](C)c4ccccc4)ncnc3n2C(C)C)cc1. The zero-order chi connectivity index (χ0) is 20.4. The smallest absolute Gasteiger partial charge is 0.146 e. The van der Waals surface area contributed by atoms with Crippen molar-refractivity contribution in [3.8, 4) is 17.0 Å². The fourth-order valence-electron chi connectivity index (χ4n) is 3.68. The highest BCUT2D eigenvalue weighted by Gasteiger charge is 2.18. The molecule has 5 nitrogen and oxygen atoms in total. The maximum absolute atomic E-state index is 5.31. The van der Waals surface area contributed by atoms with Gasteiger partial charge in [0.25, 0.3) is 0 Å². The molecule has 0 saturated heterocycles. The first-order chi connectivity index (χ1) is 14.1. The molecule has 0 amide bonds. The van der Waals surface area contributed by atoms with Gasteiger partial charge in [-0.15, -0.1) is 0 Å². The van der Waals surface area contributed by atoms with Crippen molar-refractivity contribution in [2.24, 2.45) is 0 Å². The van der Waals surface area contributed by atoms with E-state index < -0.39 is 0 Å². The van der Waals surface area contributed by atoms with Gasteiger partial charge in [0.05, 0.1) is 18.2 Å². The third-order valence-electron chi connectivity index (χ3n) is 5.19. The standard InChI is InChI=1S/C24H26N4O/c1-16(2)28-22(19-10-12-20(29-4)13-11-19)14-21-23(25-15-26-24(21)28)27-17(3)18-8-6-5-7-9-18/h5-17H,1-4H3,(H,25,26,27)/t17-/m1/s1. The minimum Gasteiger partial charge on any atom is -0.497 e. The van der Waals surface area contributed by atoms with E-state index in [4.69, 9.17) is 4.74 Å². The Hall–Kier alpha value is -3.34. The topological polar surface area (TPSA) is 52.0 Å². The molecular weight excluding hydrogens is 360 g/mol. The summed E-state index contributed by atoms with van der Waals surface area (Å²) in [4.78, 5) is 9.16. The zero-order valence-electron chi connectivity index (χ0n) is 17.3. The van der Waals surface area contributed by atoms with Crippen LogP contribution in [0.15, 0.2) is 67.0 Å². The highest BCUT2D eigenvalue weighted by Crippen LogP contribution is 2.34. The second kappa shape index (κ2) is 7.95. The lowest BCUT2D eigenvalue weighted by Gasteiger charge is -2.16. The van der Waals surface area contributed by atoms with Gasteiger partial charge in [-0.1, -0.05) is 30.3 Å². The quantitative estimate of drug-likeness (QED) is 0.451. The molecule has 1 atom stereocenters. The van der Waals surface area contributed by atoms with Crippen LogP contribution in [-0.4, -0.2) is 21.6 Å². The predicted molar refractivity (Wildman–Crippen MR) is 118 cm³/mol. The van der Waals surface area contributed by atoms with Crippen molar-refractivity contribution in [3.63, 3.8) is 0 Å². The molecule has 4 aromatic rings. The van der Waals surface area contributed by atoms with Crippen LogP contribution >= 0.6 is 0 Å². The van der Waals surface area contributed by atoms with Crippen molar-refractivity contribution >= 4 is 16.9 Å². The number of benzene rings is 2. The monoisotopic (exact) mass is 386 g/mol. The van der Waals surface area contributed by atoms with Crippen LogP contribution in [0.25, 0.3) is 22.3 Å². The van der Waals surface area contributed by atoms with Crippen molar-refractivity contribution < 1.29 is 4.74 Å². The fraction of sp³-hybridized carbons (Fsp3) is 0.250. The summed E-state index contributed by atoms with van der Waals surface area (Å²) >= 11 is 0. The van der Waals surface area contributed by atoms with Crippen LogP contribution in [0.1, 0.15) is 38.4 Å². The molecule has 0 saturated carbocycles. The van der Waals surface area contributed by atoms with Gasteiger partial charge in [-0.25, -0.2) is 9.97 Å². The molecule has 0 aliphatic carbocycles. The van der Waals surface area contributed by atoms with Gasteiger partial charge in [-0.3, -0.25) is 0 Å². The lowest BCUT2D eigenvalue weighted by atomic mass is 10.1. The maximum Gasteiger partial charge on any atom is 0.146 e. The molecule has 0 unspecified atom stereocenters. The molecule has 4 rings (SSSR count). The molecule has 2 heterocycles. The molecule has 5 heteroatoms. The molecule has 2 aromatic carbocycles. The second-order valence-electron chi connectivity index (χ2n) is 7.46. The first kappa shape index (κ1) is 19.0. The summed E-state index contributed by atoms with van der Waals surface area (Å²) in [6.07, 6.45) is 1.64. The average Bonchev–Trinajstić information content (AvgIpc) is 3.15. The third-order valence-corrected chi connectivity index (χ3v) is 5.19. The molecule has 2 aromatic heterocycles. The summed E-state index contributed by atoms with van der Waals surface area (Å²) < 4.78 is 7.57. The van der Waals surface area contributed by atoms with Gasteiger partial charge in [-0.05, 0) is 62.2 Å². The van der Waals surface area contributed by atoms with E-state index in [0.29, 0.717) is 0 Å². The van der Waals surface area contributed by atoms with Crippen molar-refractivity contribution in [2.45, 2.75) is 32.9 Å². The average molecular weight is 386 g/mol. The van der Waals surface area contributed by atoms with E-state index in [1.54, 1.807) is 13.4 Å². The third kappa shape index (κ3) is 3.68. The summed E-state index contributed by atoms with van der Waals surface area (Å²) in [5, 5.41) is 4.59. The summed E-state index contributed by atoms with van der Waals surface area (Å²) in [5.74, 6) is 1.69. The van der Waals surface area contributed by atoms with E-state index in [0.717, 1.165) is 33.9 Å². The number of rotatable bonds is 6. The first-order valence-electron chi connectivity index (χ1n) is 9.90. The molecule has 0 spiro atoms. The maximum atomic E-state index is 5.31. The van der Waals surface area contributed by atoms with Gasteiger partial charge < -0.3 is 14.6 Å². The number of hydrogen-bond acceptors (Lipinski definition) is 4. The van der Waals surface area contributed by atoms with Gasteiger partial charge in [0.1, 0.15) is 23.5 Å². The Balaban J connectivity index is 1.79. The molecule has 29 heavy (non-hydrogen) atoms. The Morgan fingerprint density at radius 1 is 0.931 bits per heavy atom. The molecule has 1 N–H and O–H groups in total. The van der Waals surface area contributed by atoms with Crippen LogP contribution in [0.5, 0.6) is 5.75 Å². The lowest BCUT2D eigenvalue weighted by Crippen LogP contribution is -2.09. The minimum atomic E-state index is 0.140. The van der Waals surface area contributed by atoms with Crippen LogP contribution in [0.4, 0.5) is 5.82 Å². The summed E-state index contributed by atoms with van der Waals surface area (Å²) in [5.41, 5.74) is 4.40. The van der Waals surface area contributed by atoms with Crippen molar-refractivity contribution in [1.82, 2.24) is 14.5 Å². The zero-order valence-corrected chi connectivity index (χ0v) is 17.3. The normalized spacial score (nSPS) is 12.3. The van der Waals surface area contributed by atoms with E-state index >= 15 is 0 Å². The highest BCUT2D eigenvalue weighted by atomic mass is 16.5. The number of methoxy groups -OCH3 is 1. The lowest BCUT2D eigenvalue weighted by molar-refractivity contribution is 0.415. The number of nitrogens with one attached hydrogen (secondary N) is 1. The molecule has 0 fully saturated rings. The minimum absolute atomic E-state index is 0.140. The summed E-state index contributed by atoms with van der Waals surface area (Å²) in [6.45, 7) is 6.50. The van der Waals surface area contributed by atoms with E-state index in [1.807, 2.05) is 18.2 Å². The van der Waals surface area contributed by atoms with Gasteiger partial charge in [0.2, 0.25) is 0 Å². The Bertz CT molecular complexity index is 1100. The van der Waals surface area contributed by atoms with E-state index in [-0.39, 0.29) is 12.1 Å². The van der Waals surface area contributed by atoms with Crippen molar-refractivity contribution in [2.75, 3.05) is 12.4 Å².